The van der Waals surface area contributed by atoms with Gasteiger partial charge in [-0.1, -0.05) is 12.1 Å². The lowest BCUT2D eigenvalue weighted by atomic mass is 10.1. The number of hydrogen-bond acceptors (Lipinski definition) is 4. The molecule has 2 aromatic carbocycles. The monoisotopic (exact) mass is 311 g/mol. The molecule has 0 saturated heterocycles. The number of benzene rings is 2. The van der Waals surface area contributed by atoms with Crippen molar-refractivity contribution in [1.29, 1.82) is 0 Å². The van der Waals surface area contributed by atoms with Crippen molar-refractivity contribution in [3.8, 4) is 0 Å². The van der Waals surface area contributed by atoms with Gasteiger partial charge in [0.05, 0.1) is 10.5 Å². The minimum atomic E-state index is -0.475. The SMILES string of the molecule is CN(C)c1ccc(NC(=O)C=Cc2ccccc2[N+](=O)[O-])cc1. The fourth-order valence-corrected chi connectivity index (χ4v) is 1.99. The topological polar surface area (TPSA) is 75.5 Å². The molecule has 0 aliphatic heterocycles. The lowest BCUT2D eigenvalue weighted by molar-refractivity contribution is -0.385. The second-order valence-corrected chi connectivity index (χ2v) is 5.08. The van der Waals surface area contributed by atoms with Crippen LogP contribution in [0, 0.1) is 10.1 Å². The molecule has 0 saturated carbocycles. The van der Waals surface area contributed by atoms with Crippen molar-refractivity contribution in [2.75, 3.05) is 24.3 Å². The molecule has 0 atom stereocenters. The Morgan fingerprint density at radius 3 is 2.39 bits per heavy atom. The Balaban J connectivity index is 2.06. The molecule has 0 unspecified atom stereocenters. The van der Waals surface area contributed by atoms with Gasteiger partial charge in [0.1, 0.15) is 0 Å². The van der Waals surface area contributed by atoms with Gasteiger partial charge in [-0.05, 0) is 36.4 Å². The van der Waals surface area contributed by atoms with E-state index >= 15 is 0 Å². The van der Waals surface area contributed by atoms with E-state index in [0.29, 0.717) is 11.3 Å². The predicted octanol–water partition coefficient (Wildman–Crippen LogP) is 3.31. The van der Waals surface area contributed by atoms with Crippen LogP contribution in [-0.4, -0.2) is 24.9 Å². The summed E-state index contributed by atoms with van der Waals surface area (Å²) in [6, 6.07) is 13.6. The van der Waals surface area contributed by atoms with Crippen molar-refractivity contribution in [3.63, 3.8) is 0 Å². The van der Waals surface area contributed by atoms with Crippen LogP contribution in [0.25, 0.3) is 6.08 Å². The quantitative estimate of drug-likeness (QED) is 0.522. The second kappa shape index (κ2) is 7.22. The van der Waals surface area contributed by atoms with Crippen molar-refractivity contribution in [2.24, 2.45) is 0 Å². The summed E-state index contributed by atoms with van der Waals surface area (Å²) < 4.78 is 0. The molecule has 118 valence electrons. The van der Waals surface area contributed by atoms with E-state index in [0.717, 1.165) is 5.69 Å². The minimum Gasteiger partial charge on any atom is -0.378 e. The Kier molecular flexibility index (Phi) is 5.09. The van der Waals surface area contributed by atoms with Crippen LogP contribution in [0.15, 0.2) is 54.6 Å². The molecule has 2 rings (SSSR count). The van der Waals surface area contributed by atoms with E-state index in [9.17, 15) is 14.9 Å². The van der Waals surface area contributed by atoms with Gasteiger partial charge < -0.3 is 10.2 Å². The van der Waals surface area contributed by atoms with Gasteiger partial charge >= 0.3 is 0 Å². The molecule has 0 aromatic heterocycles. The highest BCUT2D eigenvalue weighted by atomic mass is 16.6. The fourth-order valence-electron chi connectivity index (χ4n) is 1.99. The maximum atomic E-state index is 11.9. The molecule has 0 radical (unpaired) electrons. The van der Waals surface area contributed by atoms with E-state index in [1.807, 2.05) is 31.1 Å². The molecule has 1 N–H and O–H groups in total. The zero-order chi connectivity index (χ0) is 16.8. The Morgan fingerprint density at radius 1 is 1.13 bits per heavy atom. The largest absolute Gasteiger partial charge is 0.378 e. The molecule has 1 amide bonds. The van der Waals surface area contributed by atoms with Crippen molar-refractivity contribution in [3.05, 3.63) is 70.3 Å². The van der Waals surface area contributed by atoms with Gasteiger partial charge in [0.15, 0.2) is 0 Å². The summed E-state index contributed by atoms with van der Waals surface area (Å²) in [7, 11) is 3.87. The normalized spacial score (nSPS) is 10.5. The lowest BCUT2D eigenvalue weighted by Gasteiger charge is -2.12. The molecule has 0 heterocycles. The van der Waals surface area contributed by atoms with Crippen LogP contribution in [0.3, 0.4) is 0 Å². The number of nitro benzene ring substituents is 1. The van der Waals surface area contributed by atoms with Gasteiger partial charge in [-0.15, -0.1) is 0 Å². The van der Waals surface area contributed by atoms with E-state index in [2.05, 4.69) is 5.32 Å². The summed E-state index contributed by atoms with van der Waals surface area (Å²) >= 11 is 0. The highest BCUT2D eigenvalue weighted by Gasteiger charge is 2.09. The van der Waals surface area contributed by atoms with Crippen molar-refractivity contribution < 1.29 is 9.72 Å². The number of anilines is 2. The van der Waals surface area contributed by atoms with Crippen LogP contribution in [-0.2, 0) is 4.79 Å². The first-order valence-corrected chi connectivity index (χ1v) is 6.97. The molecule has 23 heavy (non-hydrogen) atoms. The second-order valence-electron chi connectivity index (χ2n) is 5.08. The Hall–Kier alpha value is -3.15. The van der Waals surface area contributed by atoms with Gasteiger partial charge in [0.2, 0.25) is 5.91 Å². The van der Waals surface area contributed by atoms with Crippen LogP contribution in [0.4, 0.5) is 17.1 Å². The van der Waals surface area contributed by atoms with Crippen LogP contribution in [0.1, 0.15) is 5.56 Å². The molecule has 6 nitrogen and oxygen atoms in total. The molecule has 6 heteroatoms. The van der Waals surface area contributed by atoms with Crippen molar-refractivity contribution in [1.82, 2.24) is 0 Å². The number of para-hydroxylation sites is 1. The minimum absolute atomic E-state index is 0.0353. The summed E-state index contributed by atoms with van der Waals surface area (Å²) in [5.41, 5.74) is 2.04. The number of carbonyl (C=O) groups is 1. The van der Waals surface area contributed by atoms with Gasteiger partial charge in [0, 0.05) is 37.6 Å². The average molecular weight is 311 g/mol. The number of amides is 1. The standard InChI is InChI=1S/C17H17N3O3/c1-19(2)15-10-8-14(9-11-15)18-17(21)12-7-13-5-3-4-6-16(13)20(22)23/h3-12H,1-2H3,(H,18,21). The summed E-state index contributed by atoms with van der Waals surface area (Å²) in [4.78, 5) is 24.3. The predicted molar refractivity (Wildman–Crippen MR) is 91.5 cm³/mol. The van der Waals surface area contributed by atoms with Crippen LogP contribution in [0.2, 0.25) is 0 Å². The van der Waals surface area contributed by atoms with E-state index in [4.69, 9.17) is 0 Å². The third-order valence-corrected chi connectivity index (χ3v) is 3.20. The first-order valence-electron chi connectivity index (χ1n) is 6.97. The summed E-state index contributed by atoms with van der Waals surface area (Å²) in [6.07, 6.45) is 2.71. The number of hydrogen-bond donors (Lipinski definition) is 1. The van der Waals surface area contributed by atoms with E-state index in [1.165, 1.54) is 18.2 Å². The Bertz CT molecular complexity index is 737. The molecule has 0 aliphatic rings. The summed E-state index contributed by atoms with van der Waals surface area (Å²) in [6.45, 7) is 0. The van der Waals surface area contributed by atoms with Crippen molar-refractivity contribution in [2.45, 2.75) is 0 Å². The molecule has 0 aliphatic carbocycles. The molecule has 2 aromatic rings. The molecule has 0 fully saturated rings. The molecular formula is C17H17N3O3. The van der Waals surface area contributed by atoms with Gasteiger partial charge in [-0.2, -0.15) is 0 Å². The highest BCUT2D eigenvalue weighted by molar-refractivity contribution is 6.02. The van der Waals surface area contributed by atoms with E-state index < -0.39 is 4.92 Å². The maximum Gasteiger partial charge on any atom is 0.276 e. The number of rotatable bonds is 5. The number of nitrogens with zero attached hydrogens (tertiary/aromatic N) is 2. The third-order valence-electron chi connectivity index (χ3n) is 3.20. The summed E-state index contributed by atoms with van der Waals surface area (Å²) in [5.74, 6) is -0.347. The first kappa shape index (κ1) is 16.2. The molecular weight excluding hydrogens is 294 g/mol. The lowest BCUT2D eigenvalue weighted by Crippen LogP contribution is -2.10. The van der Waals surface area contributed by atoms with E-state index in [1.54, 1.807) is 30.3 Å². The summed E-state index contributed by atoms with van der Waals surface area (Å²) in [5, 5.41) is 13.6. The number of nitrogens with one attached hydrogen (secondary N) is 1. The fraction of sp³-hybridized carbons (Fsp3) is 0.118. The maximum absolute atomic E-state index is 11.9. The van der Waals surface area contributed by atoms with E-state index in [-0.39, 0.29) is 11.6 Å². The highest BCUT2D eigenvalue weighted by Crippen LogP contribution is 2.19. The molecule has 0 spiro atoms. The first-order chi connectivity index (χ1) is 11.0. The van der Waals surface area contributed by atoms with Crippen molar-refractivity contribution >= 4 is 29.0 Å². The van der Waals surface area contributed by atoms with Gasteiger partial charge in [0.25, 0.3) is 5.69 Å². The van der Waals surface area contributed by atoms with Crippen LogP contribution < -0.4 is 10.2 Å². The number of nitro groups is 1. The average Bonchev–Trinajstić information content (AvgIpc) is 2.53. The third kappa shape index (κ3) is 4.41. The van der Waals surface area contributed by atoms with Gasteiger partial charge in [-0.25, -0.2) is 0 Å². The Morgan fingerprint density at radius 2 is 1.78 bits per heavy atom. The van der Waals surface area contributed by atoms with Gasteiger partial charge in [-0.3, -0.25) is 14.9 Å². The molecule has 0 bridgehead atoms. The smallest absolute Gasteiger partial charge is 0.276 e. The zero-order valence-corrected chi connectivity index (χ0v) is 12.9. The van der Waals surface area contributed by atoms with Crippen LogP contribution in [0.5, 0.6) is 0 Å². The Labute approximate surface area is 134 Å². The van der Waals surface area contributed by atoms with Crippen LogP contribution >= 0.6 is 0 Å². The zero-order valence-electron chi connectivity index (χ0n) is 12.9. The number of carbonyl (C=O) groups excluding carboxylic acids is 1.